The maximum absolute atomic E-state index is 13.3. The molecule has 0 spiro atoms. The van der Waals surface area contributed by atoms with E-state index in [1.165, 1.54) is 7.05 Å². The molecular weight excluding hydrogens is 455 g/mol. The van der Waals surface area contributed by atoms with E-state index < -0.39 is 17.7 Å². The van der Waals surface area contributed by atoms with Gasteiger partial charge in [-0.15, -0.1) is 0 Å². The summed E-state index contributed by atoms with van der Waals surface area (Å²) in [6.45, 7) is 1.55. The molecule has 0 bridgehead atoms. The maximum atomic E-state index is 13.3. The molecular formula is C21H24F3N7O3. The first-order valence-corrected chi connectivity index (χ1v) is 10.6. The number of hydrogen-bond donors (Lipinski definition) is 1. The number of rotatable bonds is 5. The summed E-state index contributed by atoms with van der Waals surface area (Å²) in [5.41, 5.74) is 6.73. The Kier molecular flexibility index (Phi) is 6.21. The Bertz CT molecular complexity index is 1260. The number of piperidine rings is 1. The Morgan fingerprint density at radius 2 is 1.97 bits per heavy atom. The number of fused-ring (bicyclic) bond motifs is 1. The van der Waals surface area contributed by atoms with Crippen LogP contribution >= 0.6 is 0 Å². The number of hydrogen-bond acceptors (Lipinski definition) is 8. The molecule has 1 unspecified atom stereocenters. The van der Waals surface area contributed by atoms with E-state index in [0.29, 0.717) is 30.6 Å². The van der Waals surface area contributed by atoms with E-state index >= 15 is 0 Å². The summed E-state index contributed by atoms with van der Waals surface area (Å²) in [7, 11) is 2.39. The van der Waals surface area contributed by atoms with Crippen LogP contribution in [0.1, 0.15) is 18.4 Å². The lowest BCUT2D eigenvalue weighted by Gasteiger charge is -2.31. The first kappa shape index (κ1) is 23.5. The minimum Gasteiger partial charge on any atom is -0.341 e. The Balaban J connectivity index is 1.83. The predicted molar refractivity (Wildman–Crippen MR) is 118 cm³/mol. The predicted octanol–water partition coefficient (Wildman–Crippen LogP) is 1.56. The third-order valence-corrected chi connectivity index (χ3v) is 5.60. The number of anilines is 2. The molecule has 2 aromatic heterocycles. The van der Waals surface area contributed by atoms with Crippen molar-refractivity contribution in [2.24, 2.45) is 12.8 Å². The van der Waals surface area contributed by atoms with Gasteiger partial charge in [0, 0.05) is 33.2 Å². The summed E-state index contributed by atoms with van der Waals surface area (Å²) in [6, 6.07) is 9.40. The van der Waals surface area contributed by atoms with Crippen molar-refractivity contribution in [2.75, 3.05) is 30.1 Å². The summed E-state index contributed by atoms with van der Waals surface area (Å²) < 4.78 is 40.7. The van der Waals surface area contributed by atoms with Gasteiger partial charge in [-0.1, -0.05) is 30.3 Å². The molecule has 3 aromatic rings. The molecule has 1 atom stereocenters. The van der Waals surface area contributed by atoms with Crippen LogP contribution < -0.4 is 21.3 Å². The average molecular weight is 479 g/mol. The van der Waals surface area contributed by atoms with Crippen LogP contribution in [0.5, 0.6) is 0 Å². The quantitative estimate of drug-likeness (QED) is 0.549. The third kappa shape index (κ3) is 4.55. The second-order valence-corrected chi connectivity index (χ2v) is 8.15. The highest BCUT2D eigenvalue weighted by molar-refractivity contribution is 5.78. The highest BCUT2D eigenvalue weighted by Crippen LogP contribution is 2.26. The van der Waals surface area contributed by atoms with E-state index in [1.54, 1.807) is 4.57 Å². The van der Waals surface area contributed by atoms with Crippen molar-refractivity contribution in [1.82, 2.24) is 19.1 Å². The fourth-order valence-electron chi connectivity index (χ4n) is 3.98. The van der Waals surface area contributed by atoms with E-state index in [1.807, 2.05) is 35.2 Å². The number of halogens is 3. The van der Waals surface area contributed by atoms with Crippen LogP contribution in [0.15, 0.2) is 35.1 Å². The fraction of sp³-hybridized carbons (Fsp3) is 0.429. The van der Waals surface area contributed by atoms with Crippen molar-refractivity contribution in [3.63, 3.8) is 0 Å². The van der Waals surface area contributed by atoms with Crippen LogP contribution in [0.2, 0.25) is 0 Å². The number of imidazole rings is 1. The van der Waals surface area contributed by atoms with Gasteiger partial charge in [-0.3, -0.25) is 13.9 Å². The molecule has 2 N–H and O–H groups in total. The smallest absolute Gasteiger partial charge is 0.341 e. The lowest BCUT2D eigenvalue weighted by atomic mass is 10.1. The van der Waals surface area contributed by atoms with E-state index in [-0.39, 0.29) is 23.2 Å². The van der Waals surface area contributed by atoms with E-state index in [0.717, 1.165) is 30.0 Å². The van der Waals surface area contributed by atoms with Crippen molar-refractivity contribution in [3.8, 4) is 0 Å². The molecule has 0 saturated carbocycles. The molecule has 34 heavy (non-hydrogen) atoms. The Labute approximate surface area is 192 Å². The highest BCUT2D eigenvalue weighted by atomic mass is 19.4. The normalized spacial score (nSPS) is 16.6. The summed E-state index contributed by atoms with van der Waals surface area (Å²) in [4.78, 5) is 39.7. The van der Waals surface area contributed by atoms with Crippen LogP contribution in [0, 0.1) is 0 Å². The van der Waals surface area contributed by atoms with Crippen molar-refractivity contribution >= 4 is 29.0 Å². The van der Waals surface area contributed by atoms with Crippen molar-refractivity contribution in [1.29, 1.82) is 0 Å². The first-order chi connectivity index (χ1) is 16.1. The van der Waals surface area contributed by atoms with Gasteiger partial charge in [-0.2, -0.15) is 28.2 Å². The lowest BCUT2D eigenvalue weighted by molar-refractivity contribution is -0.200. The summed E-state index contributed by atoms with van der Waals surface area (Å²) >= 11 is 0. The molecule has 10 nitrogen and oxygen atoms in total. The SMILES string of the molecule is CN(OC(=O)C(F)(F)F)c1nc2nc(N3CCCC(N)C3)n(Cc3ccccc3)c2c(=O)n1C. The van der Waals surface area contributed by atoms with Gasteiger partial charge in [-0.05, 0) is 18.4 Å². The minimum atomic E-state index is -5.20. The van der Waals surface area contributed by atoms with Gasteiger partial charge in [0.1, 0.15) is 0 Å². The zero-order valence-corrected chi connectivity index (χ0v) is 18.6. The third-order valence-electron chi connectivity index (χ3n) is 5.60. The highest BCUT2D eigenvalue weighted by Gasteiger charge is 2.43. The van der Waals surface area contributed by atoms with Gasteiger partial charge < -0.3 is 15.5 Å². The Morgan fingerprint density at radius 1 is 1.26 bits per heavy atom. The minimum absolute atomic E-state index is 0.0260. The fourth-order valence-corrected chi connectivity index (χ4v) is 3.98. The van der Waals surface area contributed by atoms with Crippen LogP contribution in [0.25, 0.3) is 11.2 Å². The van der Waals surface area contributed by atoms with Gasteiger partial charge in [0.05, 0.1) is 6.54 Å². The zero-order valence-electron chi connectivity index (χ0n) is 18.6. The van der Waals surface area contributed by atoms with Crippen LogP contribution in [-0.2, 0) is 23.2 Å². The molecule has 0 aliphatic carbocycles. The van der Waals surface area contributed by atoms with Crippen LogP contribution in [-0.4, -0.2) is 57.4 Å². The number of hydroxylamine groups is 1. The Hall–Kier alpha value is -3.61. The first-order valence-electron chi connectivity index (χ1n) is 10.6. The second-order valence-electron chi connectivity index (χ2n) is 8.15. The van der Waals surface area contributed by atoms with Gasteiger partial charge in [0.15, 0.2) is 11.2 Å². The van der Waals surface area contributed by atoms with Crippen molar-refractivity contribution in [2.45, 2.75) is 31.6 Å². The van der Waals surface area contributed by atoms with E-state index in [9.17, 15) is 22.8 Å². The van der Waals surface area contributed by atoms with Crippen molar-refractivity contribution < 1.29 is 22.8 Å². The number of alkyl halides is 3. The monoisotopic (exact) mass is 479 g/mol. The summed E-state index contributed by atoms with van der Waals surface area (Å²) in [6.07, 6.45) is -3.48. The molecule has 1 aliphatic rings. The lowest BCUT2D eigenvalue weighted by Crippen LogP contribution is -2.44. The van der Waals surface area contributed by atoms with Gasteiger partial charge in [0.2, 0.25) is 11.9 Å². The molecule has 1 aliphatic heterocycles. The molecule has 1 aromatic carbocycles. The number of benzene rings is 1. The van der Waals surface area contributed by atoms with Gasteiger partial charge >= 0.3 is 12.1 Å². The second kappa shape index (κ2) is 8.97. The largest absolute Gasteiger partial charge is 0.493 e. The molecule has 0 amide bonds. The van der Waals surface area contributed by atoms with Gasteiger partial charge in [-0.25, -0.2) is 4.79 Å². The maximum Gasteiger partial charge on any atom is 0.493 e. The van der Waals surface area contributed by atoms with Crippen LogP contribution in [0.4, 0.5) is 25.1 Å². The van der Waals surface area contributed by atoms with Crippen molar-refractivity contribution in [3.05, 3.63) is 46.2 Å². The number of aromatic nitrogens is 4. The molecule has 1 saturated heterocycles. The van der Waals surface area contributed by atoms with Crippen LogP contribution in [0.3, 0.4) is 0 Å². The molecule has 13 heteroatoms. The number of carbonyl (C=O) groups is 1. The zero-order chi connectivity index (χ0) is 24.6. The summed E-state index contributed by atoms with van der Waals surface area (Å²) in [5, 5.41) is 0.503. The average Bonchev–Trinajstić information content (AvgIpc) is 3.14. The molecule has 0 radical (unpaired) electrons. The molecule has 4 rings (SSSR count). The Morgan fingerprint density at radius 3 is 2.62 bits per heavy atom. The molecule has 3 heterocycles. The number of nitrogens with two attached hydrogens (primary N) is 1. The summed E-state index contributed by atoms with van der Waals surface area (Å²) in [5.74, 6) is -2.24. The van der Waals surface area contributed by atoms with Gasteiger partial charge in [0.25, 0.3) is 5.56 Å². The van der Waals surface area contributed by atoms with E-state index in [4.69, 9.17) is 5.73 Å². The van der Waals surface area contributed by atoms with E-state index in [2.05, 4.69) is 14.8 Å². The standard InChI is InChI=1S/C21H24F3N7O3/c1-28-17(32)15-16(26-19(28)29(2)34-18(33)21(22,23)24)27-20(30-10-6-9-14(25)12-30)31(15)11-13-7-4-3-5-8-13/h3-5,7-8,14H,6,9-12,25H2,1-2H3. The number of nitrogens with zero attached hydrogens (tertiary/aromatic N) is 6. The molecule has 1 fully saturated rings. The topological polar surface area (TPSA) is 112 Å². The number of carbonyl (C=O) groups excluding carboxylic acids is 1. The molecule has 182 valence electrons.